The van der Waals surface area contributed by atoms with Gasteiger partial charge in [0.05, 0.1) is 12.2 Å². The third-order valence-electron chi connectivity index (χ3n) is 6.93. The van der Waals surface area contributed by atoms with Gasteiger partial charge in [-0.1, -0.05) is 51.9 Å². The summed E-state index contributed by atoms with van der Waals surface area (Å²) < 4.78 is 0. The van der Waals surface area contributed by atoms with Gasteiger partial charge in [-0.2, -0.15) is 10.0 Å². The van der Waals surface area contributed by atoms with Gasteiger partial charge in [-0.3, -0.25) is 4.84 Å². The Morgan fingerprint density at radius 3 is 2.00 bits per heavy atom. The lowest BCUT2D eigenvalue weighted by Crippen LogP contribution is -2.61. The summed E-state index contributed by atoms with van der Waals surface area (Å²) >= 11 is 0. The SMILES string of the molecule is CCCCCCCCNc1ncnc(NCCCCC2CC(C)(C)N(OCC(C)(C)O)C(C)(C)C2)n1. The first-order valence-electron chi connectivity index (χ1n) is 14.3. The maximum Gasteiger partial charge on any atom is 0.227 e. The van der Waals surface area contributed by atoms with Crippen molar-refractivity contribution in [3.8, 4) is 0 Å². The van der Waals surface area contributed by atoms with Crippen LogP contribution < -0.4 is 10.6 Å². The number of piperidine rings is 1. The van der Waals surface area contributed by atoms with Crippen molar-refractivity contribution in [2.75, 3.05) is 30.3 Å². The van der Waals surface area contributed by atoms with Crippen molar-refractivity contribution >= 4 is 11.9 Å². The fraction of sp³-hybridized carbons (Fsp3) is 0.893. The summed E-state index contributed by atoms with van der Waals surface area (Å²) in [5.74, 6) is 1.96. The summed E-state index contributed by atoms with van der Waals surface area (Å²) in [6, 6.07) is 0. The molecule has 1 aromatic rings. The van der Waals surface area contributed by atoms with E-state index in [1.165, 1.54) is 44.9 Å². The van der Waals surface area contributed by atoms with Crippen molar-refractivity contribution in [3.05, 3.63) is 6.33 Å². The van der Waals surface area contributed by atoms with Crippen LogP contribution in [0.4, 0.5) is 11.9 Å². The van der Waals surface area contributed by atoms with E-state index in [1.54, 1.807) is 20.2 Å². The maximum atomic E-state index is 10.1. The van der Waals surface area contributed by atoms with Crippen molar-refractivity contribution in [3.63, 3.8) is 0 Å². The van der Waals surface area contributed by atoms with E-state index < -0.39 is 5.60 Å². The molecule has 3 N–H and O–H groups in total. The number of unbranched alkanes of at least 4 members (excludes halogenated alkanes) is 6. The molecule has 0 atom stereocenters. The number of rotatable bonds is 17. The number of aromatic nitrogens is 3. The molecule has 0 bridgehead atoms. The average molecular weight is 507 g/mol. The minimum Gasteiger partial charge on any atom is -0.388 e. The monoisotopic (exact) mass is 506 g/mol. The number of anilines is 2. The second-order valence-electron chi connectivity index (χ2n) is 12.5. The van der Waals surface area contributed by atoms with Crippen LogP contribution in [0.1, 0.15) is 119 Å². The summed E-state index contributed by atoms with van der Waals surface area (Å²) in [7, 11) is 0. The topological polar surface area (TPSA) is 95.4 Å². The highest BCUT2D eigenvalue weighted by Gasteiger charge is 2.46. The summed E-state index contributed by atoms with van der Waals surface area (Å²) in [6.45, 7) is 16.9. The standard InChI is InChI=1S/C28H54N6O2/c1-8-9-10-11-12-14-17-29-24-31-22-32-25(33-24)30-18-15-13-16-23-19-26(2,3)34(27(4,5)20-23)36-21-28(6,7)35/h22-23,35H,8-21H2,1-7H3,(H2,29,30,31,32,33). The Labute approximate surface area is 220 Å². The third kappa shape index (κ3) is 11.3. The summed E-state index contributed by atoms with van der Waals surface area (Å²) in [6.07, 6.45) is 14.9. The largest absolute Gasteiger partial charge is 0.388 e. The van der Waals surface area contributed by atoms with Gasteiger partial charge in [0, 0.05) is 24.2 Å². The first kappa shape index (κ1) is 30.7. The van der Waals surface area contributed by atoms with E-state index in [0.717, 1.165) is 38.8 Å². The molecule has 8 nitrogen and oxygen atoms in total. The molecule has 0 radical (unpaired) electrons. The quantitative estimate of drug-likeness (QED) is 0.215. The number of nitrogens with one attached hydrogen (secondary N) is 2. The molecular formula is C28H54N6O2. The lowest BCUT2D eigenvalue weighted by Gasteiger charge is -2.54. The Bertz CT molecular complexity index is 732. The highest BCUT2D eigenvalue weighted by Crippen LogP contribution is 2.43. The first-order chi connectivity index (χ1) is 16.9. The molecule has 0 unspecified atom stereocenters. The number of nitrogens with zero attached hydrogens (tertiary/aromatic N) is 4. The summed E-state index contributed by atoms with van der Waals surface area (Å²) in [5, 5.41) is 18.9. The van der Waals surface area contributed by atoms with Crippen LogP contribution in [-0.2, 0) is 4.84 Å². The van der Waals surface area contributed by atoms with E-state index in [4.69, 9.17) is 4.84 Å². The highest BCUT2D eigenvalue weighted by molar-refractivity contribution is 5.32. The second kappa shape index (κ2) is 14.4. The van der Waals surface area contributed by atoms with Crippen molar-refractivity contribution < 1.29 is 9.94 Å². The van der Waals surface area contributed by atoms with Gasteiger partial charge in [0.1, 0.15) is 6.33 Å². The maximum absolute atomic E-state index is 10.1. The van der Waals surface area contributed by atoms with Crippen molar-refractivity contribution in [2.45, 2.75) is 136 Å². The molecule has 2 rings (SSSR count). The van der Waals surface area contributed by atoms with Crippen molar-refractivity contribution in [1.82, 2.24) is 20.0 Å². The Morgan fingerprint density at radius 2 is 1.44 bits per heavy atom. The Balaban J connectivity index is 1.68. The molecule has 208 valence electrons. The predicted molar refractivity (Wildman–Crippen MR) is 149 cm³/mol. The molecule has 0 amide bonds. The lowest BCUT2D eigenvalue weighted by molar-refractivity contribution is -0.302. The Morgan fingerprint density at radius 1 is 0.917 bits per heavy atom. The number of aliphatic hydroxyl groups is 1. The van der Waals surface area contributed by atoms with Gasteiger partial charge in [0.2, 0.25) is 11.9 Å². The van der Waals surface area contributed by atoms with Crippen LogP contribution in [0.25, 0.3) is 0 Å². The third-order valence-corrected chi connectivity index (χ3v) is 6.93. The molecule has 0 saturated carbocycles. The molecule has 0 spiro atoms. The minimum atomic E-state index is -0.834. The summed E-state index contributed by atoms with van der Waals surface area (Å²) in [5.41, 5.74) is -0.974. The van der Waals surface area contributed by atoms with Crippen LogP contribution >= 0.6 is 0 Å². The molecule has 1 aliphatic rings. The Kier molecular flexibility index (Phi) is 12.3. The van der Waals surface area contributed by atoms with Gasteiger partial charge in [-0.05, 0) is 73.1 Å². The molecule has 8 heteroatoms. The highest BCUT2D eigenvalue weighted by atomic mass is 16.7. The molecule has 1 fully saturated rings. The molecule has 36 heavy (non-hydrogen) atoms. The fourth-order valence-electron chi connectivity index (χ4n) is 5.58. The molecule has 1 aliphatic heterocycles. The van der Waals surface area contributed by atoms with Crippen LogP contribution in [0.15, 0.2) is 6.33 Å². The van der Waals surface area contributed by atoms with E-state index >= 15 is 0 Å². The number of hydrogen-bond acceptors (Lipinski definition) is 8. The van der Waals surface area contributed by atoms with Crippen molar-refractivity contribution in [1.29, 1.82) is 0 Å². The first-order valence-corrected chi connectivity index (χ1v) is 14.3. The molecule has 0 aliphatic carbocycles. The van der Waals surface area contributed by atoms with E-state index in [1.807, 2.05) is 0 Å². The Hall–Kier alpha value is -1.51. The molecular weight excluding hydrogens is 452 g/mol. The van der Waals surface area contributed by atoms with Gasteiger partial charge < -0.3 is 15.7 Å². The zero-order valence-electron chi connectivity index (χ0n) is 24.2. The van der Waals surface area contributed by atoms with Gasteiger partial charge in [-0.15, -0.1) is 0 Å². The van der Waals surface area contributed by atoms with E-state index in [0.29, 0.717) is 24.4 Å². The molecule has 1 aromatic heterocycles. The molecule has 0 aromatic carbocycles. The van der Waals surface area contributed by atoms with E-state index in [-0.39, 0.29) is 11.1 Å². The van der Waals surface area contributed by atoms with E-state index in [9.17, 15) is 5.11 Å². The zero-order chi connectivity index (χ0) is 26.7. The van der Waals surface area contributed by atoms with Crippen LogP contribution in [0, 0.1) is 5.92 Å². The van der Waals surface area contributed by atoms with E-state index in [2.05, 4.69) is 65.3 Å². The van der Waals surface area contributed by atoms with Gasteiger partial charge >= 0.3 is 0 Å². The van der Waals surface area contributed by atoms with Crippen LogP contribution in [0.5, 0.6) is 0 Å². The number of hydrogen-bond donors (Lipinski definition) is 3. The normalized spacial score (nSPS) is 18.3. The van der Waals surface area contributed by atoms with Crippen LogP contribution in [0.3, 0.4) is 0 Å². The van der Waals surface area contributed by atoms with Gasteiger partial charge in [0.15, 0.2) is 0 Å². The second-order valence-corrected chi connectivity index (χ2v) is 12.5. The fourth-order valence-corrected chi connectivity index (χ4v) is 5.58. The minimum absolute atomic E-state index is 0.0697. The van der Waals surface area contributed by atoms with Gasteiger partial charge in [-0.25, -0.2) is 9.97 Å². The molecule has 1 saturated heterocycles. The average Bonchev–Trinajstić information content (AvgIpc) is 2.76. The number of hydroxylamine groups is 2. The van der Waals surface area contributed by atoms with Crippen LogP contribution in [0.2, 0.25) is 0 Å². The van der Waals surface area contributed by atoms with Gasteiger partial charge in [0.25, 0.3) is 0 Å². The van der Waals surface area contributed by atoms with Crippen molar-refractivity contribution in [2.24, 2.45) is 5.92 Å². The van der Waals surface area contributed by atoms with Crippen LogP contribution in [-0.4, -0.2) is 61.5 Å². The zero-order valence-corrected chi connectivity index (χ0v) is 24.2. The lowest BCUT2D eigenvalue weighted by atomic mass is 9.73. The predicted octanol–water partition coefficient (Wildman–Crippen LogP) is 6.20. The summed E-state index contributed by atoms with van der Waals surface area (Å²) in [4.78, 5) is 19.2. The molecule has 2 heterocycles. The smallest absolute Gasteiger partial charge is 0.227 e.